The van der Waals surface area contributed by atoms with Crippen LogP contribution in [0.5, 0.6) is 5.75 Å². The van der Waals surface area contributed by atoms with Crippen LogP contribution in [0.4, 0.5) is 0 Å². The van der Waals surface area contributed by atoms with E-state index in [2.05, 4.69) is 4.72 Å². The summed E-state index contributed by atoms with van der Waals surface area (Å²) >= 11 is 0. The molecule has 1 N–H and O–H groups in total. The quantitative estimate of drug-likeness (QED) is 0.821. The number of benzene rings is 1. The van der Waals surface area contributed by atoms with Crippen LogP contribution in [0.2, 0.25) is 0 Å². The minimum absolute atomic E-state index is 0.254. The van der Waals surface area contributed by atoms with E-state index in [4.69, 9.17) is 14.2 Å². The van der Waals surface area contributed by atoms with Gasteiger partial charge in [0.25, 0.3) is 0 Å². The van der Waals surface area contributed by atoms with Crippen molar-refractivity contribution in [3.8, 4) is 5.75 Å². The van der Waals surface area contributed by atoms with Gasteiger partial charge in [-0.05, 0) is 51.0 Å². The normalized spacial score (nSPS) is 17.4. The zero-order valence-corrected chi connectivity index (χ0v) is 15.0. The van der Waals surface area contributed by atoms with Crippen LogP contribution in [0, 0.1) is 13.8 Å². The minimum atomic E-state index is -3.58. The Morgan fingerprint density at radius 1 is 1.22 bits per heavy atom. The van der Waals surface area contributed by atoms with Gasteiger partial charge >= 0.3 is 0 Å². The van der Waals surface area contributed by atoms with Crippen LogP contribution in [0.25, 0.3) is 0 Å². The van der Waals surface area contributed by atoms with Crippen LogP contribution in [0.15, 0.2) is 17.0 Å². The van der Waals surface area contributed by atoms with E-state index in [1.807, 2.05) is 20.8 Å². The van der Waals surface area contributed by atoms with Gasteiger partial charge in [-0.1, -0.05) is 0 Å². The first-order valence-corrected chi connectivity index (χ1v) is 9.27. The van der Waals surface area contributed by atoms with Crippen LogP contribution >= 0.6 is 0 Å². The van der Waals surface area contributed by atoms with Crippen LogP contribution in [0.1, 0.15) is 31.4 Å². The summed E-state index contributed by atoms with van der Waals surface area (Å²) in [5.74, 6) is 0.0102. The molecule has 1 fully saturated rings. The summed E-state index contributed by atoms with van der Waals surface area (Å²) in [6.07, 6.45) is 0.460. The third-order valence-electron chi connectivity index (χ3n) is 3.83. The van der Waals surface area contributed by atoms with E-state index in [0.29, 0.717) is 37.6 Å². The van der Waals surface area contributed by atoms with Crippen molar-refractivity contribution in [3.63, 3.8) is 0 Å². The largest absolute Gasteiger partial charge is 0.494 e. The van der Waals surface area contributed by atoms with Crippen LogP contribution in [-0.4, -0.2) is 40.6 Å². The van der Waals surface area contributed by atoms with E-state index < -0.39 is 15.8 Å². The number of sulfonamides is 1. The second-order valence-corrected chi connectivity index (χ2v) is 7.53. The first-order valence-electron chi connectivity index (χ1n) is 7.79. The Kier molecular flexibility index (Phi) is 5.67. The maximum Gasteiger partial charge on any atom is 0.240 e. The van der Waals surface area contributed by atoms with Crippen molar-refractivity contribution in [2.45, 2.75) is 44.8 Å². The lowest BCUT2D eigenvalue weighted by Crippen LogP contribution is -2.33. The number of rotatable bonds is 7. The van der Waals surface area contributed by atoms with Crippen molar-refractivity contribution in [3.05, 3.63) is 23.3 Å². The topological polar surface area (TPSA) is 73.9 Å². The standard InChI is InChI=1S/C16H25NO5S/c1-5-20-14-10-13(3)15(11-12(14)2)23(18,19)17-7-6-16(4)21-8-9-22-16/h10-11,17H,5-9H2,1-4H3. The first-order chi connectivity index (χ1) is 10.8. The lowest BCUT2D eigenvalue weighted by atomic mass is 10.1. The van der Waals surface area contributed by atoms with Crippen molar-refractivity contribution in [2.75, 3.05) is 26.4 Å². The third-order valence-corrected chi connectivity index (χ3v) is 5.43. The molecular formula is C16H25NO5S. The molecule has 0 saturated carbocycles. The fourth-order valence-corrected chi connectivity index (χ4v) is 3.90. The molecule has 0 aliphatic carbocycles. The number of ether oxygens (including phenoxy) is 3. The van der Waals surface area contributed by atoms with Gasteiger partial charge in [-0.15, -0.1) is 0 Å². The van der Waals surface area contributed by atoms with E-state index >= 15 is 0 Å². The molecule has 2 rings (SSSR count). The van der Waals surface area contributed by atoms with Gasteiger partial charge in [0.05, 0.1) is 24.7 Å². The summed E-state index contributed by atoms with van der Waals surface area (Å²) in [7, 11) is -3.58. The maximum atomic E-state index is 12.5. The molecule has 1 heterocycles. The van der Waals surface area contributed by atoms with Crippen LogP contribution in [-0.2, 0) is 19.5 Å². The van der Waals surface area contributed by atoms with E-state index in [1.54, 1.807) is 19.1 Å². The second-order valence-electron chi connectivity index (χ2n) is 5.79. The Bertz CT molecular complexity index is 651. The number of hydrogen-bond donors (Lipinski definition) is 1. The first kappa shape index (κ1) is 18.2. The summed E-state index contributed by atoms with van der Waals surface area (Å²) in [5.41, 5.74) is 1.46. The van der Waals surface area contributed by atoms with Gasteiger partial charge in [-0.2, -0.15) is 0 Å². The molecule has 23 heavy (non-hydrogen) atoms. The lowest BCUT2D eigenvalue weighted by molar-refractivity contribution is -0.145. The minimum Gasteiger partial charge on any atom is -0.494 e. The zero-order valence-electron chi connectivity index (χ0n) is 14.1. The third kappa shape index (κ3) is 4.44. The number of hydrogen-bond acceptors (Lipinski definition) is 5. The zero-order chi connectivity index (χ0) is 17.1. The summed E-state index contributed by atoms with van der Waals surface area (Å²) < 4.78 is 44.1. The van der Waals surface area contributed by atoms with Crippen molar-refractivity contribution in [1.82, 2.24) is 4.72 Å². The molecule has 1 aliphatic rings. The number of nitrogens with one attached hydrogen (secondary N) is 1. The van der Waals surface area contributed by atoms with E-state index in [0.717, 1.165) is 5.56 Å². The molecule has 0 spiro atoms. The smallest absolute Gasteiger partial charge is 0.240 e. The van der Waals surface area contributed by atoms with Gasteiger partial charge in [0, 0.05) is 13.0 Å². The molecule has 1 saturated heterocycles. The van der Waals surface area contributed by atoms with Crippen molar-refractivity contribution < 1.29 is 22.6 Å². The van der Waals surface area contributed by atoms with E-state index in [-0.39, 0.29) is 11.4 Å². The van der Waals surface area contributed by atoms with Gasteiger partial charge in [0.15, 0.2) is 5.79 Å². The highest BCUT2D eigenvalue weighted by atomic mass is 32.2. The Morgan fingerprint density at radius 2 is 1.87 bits per heavy atom. The molecule has 6 nitrogen and oxygen atoms in total. The molecule has 0 aromatic heterocycles. The highest BCUT2D eigenvalue weighted by Crippen LogP contribution is 2.26. The molecule has 1 aromatic carbocycles. The SMILES string of the molecule is CCOc1cc(C)c(S(=O)(=O)NCCC2(C)OCCO2)cc1C. The van der Waals surface area contributed by atoms with E-state index in [9.17, 15) is 8.42 Å². The molecule has 1 aromatic rings. The van der Waals surface area contributed by atoms with Crippen LogP contribution < -0.4 is 9.46 Å². The lowest BCUT2D eigenvalue weighted by Gasteiger charge is -2.22. The fraction of sp³-hybridized carbons (Fsp3) is 0.625. The Balaban J connectivity index is 2.08. The second kappa shape index (κ2) is 7.17. The van der Waals surface area contributed by atoms with Gasteiger partial charge in [0.1, 0.15) is 5.75 Å². The maximum absolute atomic E-state index is 12.5. The molecule has 0 atom stereocenters. The summed E-state index contributed by atoms with van der Waals surface area (Å²) in [6, 6.07) is 3.41. The van der Waals surface area contributed by atoms with Crippen molar-refractivity contribution in [1.29, 1.82) is 0 Å². The number of aryl methyl sites for hydroxylation is 2. The Hall–Kier alpha value is -1.15. The average Bonchev–Trinajstić information content (AvgIpc) is 2.89. The molecule has 130 valence electrons. The summed E-state index contributed by atoms with van der Waals surface area (Å²) in [4.78, 5) is 0.275. The molecule has 1 aliphatic heterocycles. The average molecular weight is 343 g/mol. The monoisotopic (exact) mass is 343 g/mol. The molecule has 0 bridgehead atoms. The van der Waals surface area contributed by atoms with Gasteiger partial charge in [-0.25, -0.2) is 13.1 Å². The predicted molar refractivity (Wildman–Crippen MR) is 87.2 cm³/mol. The van der Waals surface area contributed by atoms with Gasteiger partial charge < -0.3 is 14.2 Å². The molecule has 0 amide bonds. The highest BCUT2D eigenvalue weighted by molar-refractivity contribution is 7.89. The predicted octanol–water partition coefficient (Wildman–Crippen LogP) is 2.13. The van der Waals surface area contributed by atoms with Crippen molar-refractivity contribution >= 4 is 10.0 Å². The van der Waals surface area contributed by atoms with E-state index in [1.165, 1.54) is 0 Å². The Labute approximate surface area is 138 Å². The summed E-state index contributed by atoms with van der Waals surface area (Å²) in [5, 5.41) is 0. The fourth-order valence-electron chi connectivity index (χ4n) is 2.56. The van der Waals surface area contributed by atoms with Crippen molar-refractivity contribution in [2.24, 2.45) is 0 Å². The molecule has 7 heteroatoms. The molecule has 0 radical (unpaired) electrons. The highest BCUT2D eigenvalue weighted by Gasteiger charge is 2.31. The Morgan fingerprint density at radius 3 is 2.48 bits per heavy atom. The molecule has 0 unspecified atom stereocenters. The van der Waals surface area contributed by atoms with Gasteiger partial charge in [0.2, 0.25) is 10.0 Å². The van der Waals surface area contributed by atoms with Crippen LogP contribution in [0.3, 0.4) is 0 Å². The van der Waals surface area contributed by atoms with Gasteiger partial charge in [-0.3, -0.25) is 0 Å². The summed E-state index contributed by atoms with van der Waals surface area (Å²) in [6.45, 7) is 9.20. The molecular weight excluding hydrogens is 318 g/mol.